The summed E-state index contributed by atoms with van der Waals surface area (Å²) in [6.45, 7) is 4.03. The van der Waals surface area contributed by atoms with Gasteiger partial charge in [-0.05, 0) is 18.1 Å². The molecule has 2 N–H and O–H groups in total. The Bertz CT molecular complexity index is 512. The van der Waals surface area contributed by atoms with E-state index in [0.717, 1.165) is 5.39 Å². The number of hydrogen-bond donors (Lipinski definition) is 2. The smallest absolute Gasteiger partial charge is 0.287 e. The summed E-state index contributed by atoms with van der Waals surface area (Å²) < 4.78 is 5.43. The molecule has 1 amide bonds. The van der Waals surface area contributed by atoms with Crippen LogP contribution in [0.15, 0.2) is 34.7 Å². The fraction of sp³-hybridized carbons (Fsp3) is 0.357. The number of nitrogens with one attached hydrogen (secondary N) is 1. The van der Waals surface area contributed by atoms with Crippen LogP contribution in [0.2, 0.25) is 0 Å². The molecule has 0 spiro atoms. The second-order valence-corrected chi connectivity index (χ2v) is 4.67. The second-order valence-electron chi connectivity index (χ2n) is 4.67. The molecule has 1 heterocycles. The molecule has 0 aliphatic carbocycles. The van der Waals surface area contributed by atoms with Gasteiger partial charge in [0.15, 0.2) is 5.76 Å². The standard InChI is InChI=1S/C14H17NO3/c1-9(2)11(16)8-15-14(17)13-7-10-5-3-4-6-12(10)18-13/h3-7,9,11,16H,8H2,1-2H3,(H,15,17). The third-order valence-corrected chi connectivity index (χ3v) is 2.89. The van der Waals surface area contributed by atoms with Crippen molar-refractivity contribution >= 4 is 16.9 Å². The number of para-hydroxylation sites is 1. The number of benzene rings is 1. The van der Waals surface area contributed by atoms with Crippen molar-refractivity contribution in [3.63, 3.8) is 0 Å². The topological polar surface area (TPSA) is 62.5 Å². The predicted octanol–water partition coefficient (Wildman–Crippen LogP) is 2.18. The molecule has 0 bridgehead atoms. The predicted molar refractivity (Wildman–Crippen MR) is 69.4 cm³/mol. The van der Waals surface area contributed by atoms with Gasteiger partial charge in [-0.3, -0.25) is 4.79 Å². The zero-order valence-electron chi connectivity index (χ0n) is 10.5. The number of rotatable bonds is 4. The highest BCUT2D eigenvalue weighted by atomic mass is 16.3. The van der Waals surface area contributed by atoms with Crippen LogP contribution in [0, 0.1) is 5.92 Å². The summed E-state index contributed by atoms with van der Waals surface area (Å²) >= 11 is 0. The Labute approximate surface area is 106 Å². The maximum Gasteiger partial charge on any atom is 0.287 e. The molecule has 0 saturated carbocycles. The molecule has 2 aromatic rings. The lowest BCUT2D eigenvalue weighted by Gasteiger charge is -2.14. The SMILES string of the molecule is CC(C)C(O)CNC(=O)c1cc2ccccc2o1. The molecule has 0 fully saturated rings. The molecular formula is C14H17NO3. The number of carbonyl (C=O) groups excluding carboxylic acids is 1. The van der Waals surface area contributed by atoms with Gasteiger partial charge in [-0.25, -0.2) is 0 Å². The summed E-state index contributed by atoms with van der Waals surface area (Å²) in [5, 5.41) is 13.2. The van der Waals surface area contributed by atoms with E-state index in [1.54, 1.807) is 6.07 Å². The molecule has 0 aliphatic heterocycles. The van der Waals surface area contributed by atoms with E-state index in [4.69, 9.17) is 4.42 Å². The quantitative estimate of drug-likeness (QED) is 0.870. The summed E-state index contributed by atoms with van der Waals surface area (Å²) in [6.07, 6.45) is -0.543. The molecule has 1 aromatic heterocycles. The number of amides is 1. The molecule has 1 atom stereocenters. The number of aliphatic hydroxyl groups excluding tert-OH is 1. The highest BCUT2D eigenvalue weighted by Gasteiger charge is 2.14. The van der Waals surface area contributed by atoms with E-state index >= 15 is 0 Å². The van der Waals surface area contributed by atoms with E-state index in [0.29, 0.717) is 5.58 Å². The molecular weight excluding hydrogens is 230 g/mol. The van der Waals surface area contributed by atoms with Crippen LogP contribution in [0.1, 0.15) is 24.4 Å². The second kappa shape index (κ2) is 5.23. The third-order valence-electron chi connectivity index (χ3n) is 2.89. The van der Waals surface area contributed by atoms with Gasteiger partial charge in [-0.2, -0.15) is 0 Å². The van der Waals surface area contributed by atoms with Crippen LogP contribution < -0.4 is 5.32 Å². The van der Waals surface area contributed by atoms with E-state index < -0.39 is 6.10 Å². The Morgan fingerprint density at radius 1 is 1.39 bits per heavy atom. The molecule has 4 heteroatoms. The maximum absolute atomic E-state index is 11.8. The first-order valence-corrected chi connectivity index (χ1v) is 6.03. The molecule has 1 aromatic carbocycles. The fourth-order valence-electron chi connectivity index (χ4n) is 1.61. The van der Waals surface area contributed by atoms with Gasteiger partial charge >= 0.3 is 0 Å². The Kier molecular flexibility index (Phi) is 3.67. The van der Waals surface area contributed by atoms with Crippen molar-refractivity contribution in [3.8, 4) is 0 Å². The first kappa shape index (κ1) is 12.6. The number of carbonyl (C=O) groups is 1. The minimum absolute atomic E-state index is 0.112. The minimum Gasteiger partial charge on any atom is -0.451 e. The molecule has 0 saturated heterocycles. The minimum atomic E-state index is -0.543. The van der Waals surface area contributed by atoms with Crippen LogP contribution in [-0.4, -0.2) is 23.7 Å². The van der Waals surface area contributed by atoms with E-state index in [1.807, 2.05) is 38.1 Å². The summed E-state index contributed by atoms with van der Waals surface area (Å²) in [4.78, 5) is 11.8. The first-order valence-electron chi connectivity index (χ1n) is 6.03. The average molecular weight is 247 g/mol. The van der Waals surface area contributed by atoms with Crippen LogP contribution in [0.25, 0.3) is 11.0 Å². The average Bonchev–Trinajstić information content (AvgIpc) is 2.79. The largest absolute Gasteiger partial charge is 0.451 e. The van der Waals surface area contributed by atoms with Gasteiger partial charge in [-0.15, -0.1) is 0 Å². The van der Waals surface area contributed by atoms with Crippen LogP contribution in [0.4, 0.5) is 0 Å². The van der Waals surface area contributed by atoms with Gasteiger partial charge < -0.3 is 14.8 Å². The van der Waals surface area contributed by atoms with Crippen LogP contribution in [0.3, 0.4) is 0 Å². The van der Waals surface area contributed by atoms with Gasteiger partial charge in [-0.1, -0.05) is 32.0 Å². The number of furan rings is 1. The van der Waals surface area contributed by atoms with Gasteiger partial charge in [0, 0.05) is 11.9 Å². The van der Waals surface area contributed by atoms with E-state index in [9.17, 15) is 9.90 Å². The van der Waals surface area contributed by atoms with E-state index in [1.165, 1.54) is 0 Å². The number of hydrogen-bond acceptors (Lipinski definition) is 3. The molecule has 2 rings (SSSR count). The number of fused-ring (bicyclic) bond motifs is 1. The molecule has 96 valence electrons. The van der Waals surface area contributed by atoms with Gasteiger partial charge in [0.2, 0.25) is 0 Å². The van der Waals surface area contributed by atoms with Crippen molar-refractivity contribution in [3.05, 3.63) is 36.1 Å². The lowest BCUT2D eigenvalue weighted by molar-refractivity contribution is 0.0849. The Hall–Kier alpha value is -1.81. The van der Waals surface area contributed by atoms with Crippen molar-refractivity contribution in [1.82, 2.24) is 5.32 Å². The fourth-order valence-corrected chi connectivity index (χ4v) is 1.61. The lowest BCUT2D eigenvalue weighted by atomic mass is 10.1. The Balaban J connectivity index is 2.05. The van der Waals surface area contributed by atoms with Gasteiger partial charge in [0.1, 0.15) is 5.58 Å². The summed E-state index contributed by atoms with van der Waals surface area (Å²) in [5.41, 5.74) is 0.687. The first-order chi connectivity index (χ1) is 8.58. The third kappa shape index (κ3) is 2.71. The van der Waals surface area contributed by atoms with Crippen molar-refractivity contribution in [2.75, 3.05) is 6.54 Å². The monoisotopic (exact) mass is 247 g/mol. The van der Waals surface area contributed by atoms with Crippen LogP contribution in [0.5, 0.6) is 0 Å². The zero-order valence-corrected chi connectivity index (χ0v) is 10.5. The normalized spacial score (nSPS) is 12.9. The van der Waals surface area contributed by atoms with Crippen molar-refractivity contribution in [1.29, 1.82) is 0 Å². The maximum atomic E-state index is 11.8. The molecule has 0 aliphatic rings. The zero-order chi connectivity index (χ0) is 13.1. The van der Waals surface area contributed by atoms with Crippen molar-refractivity contribution in [2.45, 2.75) is 20.0 Å². The summed E-state index contributed by atoms with van der Waals surface area (Å²) in [5.74, 6) is 0.0824. The highest BCUT2D eigenvalue weighted by Crippen LogP contribution is 2.18. The Morgan fingerprint density at radius 2 is 2.11 bits per heavy atom. The number of aliphatic hydroxyl groups is 1. The van der Waals surface area contributed by atoms with Crippen LogP contribution >= 0.6 is 0 Å². The van der Waals surface area contributed by atoms with Gasteiger partial charge in [0.25, 0.3) is 5.91 Å². The molecule has 1 unspecified atom stereocenters. The Morgan fingerprint density at radius 3 is 2.78 bits per heavy atom. The van der Waals surface area contributed by atoms with E-state index in [2.05, 4.69) is 5.32 Å². The van der Waals surface area contributed by atoms with Crippen LogP contribution in [-0.2, 0) is 0 Å². The van der Waals surface area contributed by atoms with E-state index in [-0.39, 0.29) is 24.1 Å². The molecule has 0 radical (unpaired) electrons. The summed E-state index contributed by atoms with van der Waals surface area (Å²) in [6, 6.07) is 9.15. The highest BCUT2D eigenvalue weighted by molar-refractivity contribution is 5.96. The molecule has 4 nitrogen and oxygen atoms in total. The lowest BCUT2D eigenvalue weighted by Crippen LogP contribution is -2.34. The van der Waals surface area contributed by atoms with Crippen molar-refractivity contribution < 1.29 is 14.3 Å². The van der Waals surface area contributed by atoms with Crippen molar-refractivity contribution in [2.24, 2.45) is 5.92 Å². The summed E-state index contributed by atoms with van der Waals surface area (Å²) in [7, 11) is 0. The molecule has 18 heavy (non-hydrogen) atoms. The van der Waals surface area contributed by atoms with Gasteiger partial charge in [0.05, 0.1) is 6.10 Å².